The summed E-state index contributed by atoms with van der Waals surface area (Å²) >= 11 is 0. The van der Waals surface area contributed by atoms with Crippen LogP contribution in [0.15, 0.2) is 23.3 Å². The fourth-order valence-corrected chi connectivity index (χ4v) is 7.45. The van der Waals surface area contributed by atoms with Gasteiger partial charge in [-0.1, -0.05) is 37.1 Å². The Balaban J connectivity index is 1.63. The summed E-state index contributed by atoms with van der Waals surface area (Å²) in [6, 6.07) is 0. The average Bonchev–Trinajstić information content (AvgIpc) is 3.22. The number of ether oxygens (including phenoxy) is 2. The van der Waals surface area contributed by atoms with Crippen LogP contribution in [0.25, 0.3) is 0 Å². The Hall–Kier alpha value is -1.91. The molecule has 2 saturated carbocycles. The van der Waals surface area contributed by atoms with E-state index in [2.05, 4.69) is 26.0 Å². The van der Waals surface area contributed by atoms with Crippen LogP contribution >= 0.6 is 0 Å². The molecule has 0 aromatic heterocycles. The molecule has 4 aliphatic carbocycles. The summed E-state index contributed by atoms with van der Waals surface area (Å²) in [5.74, 6) is -0.0877. The molecule has 1 aliphatic heterocycles. The van der Waals surface area contributed by atoms with Crippen molar-refractivity contribution in [2.75, 3.05) is 7.11 Å². The molecule has 0 unspecified atom stereocenters. The summed E-state index contributed by atoms with van der Waals surface area (Å²) in [4.78, 5) is 37.1. The molecule has 1 heterocycles. The highest BCUT2D eigenvalue weighted by molar-refractivity contribution is 5.85. The first-order valence-corrected chi connectivity index (χ1v) is 11.0. The highest BCUT2D eigenvalue weighted by Gasteiger charge is 2.66. The van der Waals surface area contributed by atoms with Crippen molar-refractivity contribution in [3.05, 3.63) is 23.3 Å². The fourth-order valence-electron chi connectivity index (χ4n) is 7.45. The molecule has 5 nitrogen and oxygen atoms in total. The number of Topliss-reactive ketones (excluding diaryl/α,β-unsaturated/α-hetero) is 1. The smallest absolute Gasteiger partial charge is 0.313 e. The Morgan fingerprint density at radius 3 is 2.66 bits per heavy atom. The molecule has 156 valence electrons. The van der Waals surface area contributed by atoms with Gasteiger partial charge in [0, 0.05) is 36.0 Å². The van der Waals surface area contributed by atoms with Crippen LogP contribution in [0.2, 0.25) is 0 Å². The minimum absolute atomic E-state index is 0.0572. The third-order valence-corrected chi connectivity index (χ3v) is 9.18. The predicted molar refractivity (Wildman–Crippen MR) is 106 cm³/mol. The van der Waals surface area contributed by atoms with Gasteiger partial charge in [-0.25, -0.2) is 0 Å². The third-order valence-electron chi connectivity index (χ3n) is 9.18. The maximum absolute atomic E-state index is 12.9. The first-order chi connectivity index (χ1) is 13.7. The quantitative estimate of drug-likeness (QED) is 0.495. The number of methoxy groups -OCH3 is 1. The van der Waals surface area contributed by atoms with Crippen LogP contribution in [0.4, 0.5) is 0 Å². The Kier molecular flexibility index (Phi) is 3.98. The standard InChI is InChI=1S/C24H30O5/c1-22-8-4-15(25)12-14(22)13-16(21(27)28-3)20-17(22)5-9-23(2)18(20)6-10-24(23)11-7-19(26)29-24/h5,13,16,18,20H,4,6-12H2,1-3H3/t16-,18+,20-,22+,23+,24-/m1/s1. The van der Waals surface area contributed by atoms with Crippen molar-refractivity contribution in [2.45, 2.75) is 70.8 Å². The van der Waals surface area contributed by atoms with Crippen LogP contribution in [-0.2, 0) is 23.9 Å². The molecule has 5 aliphatic rings. The van der Waals surface area contributed by atoms with E-state index in [4.69, 9.17) is 9.47 Å². The van der Waals surface area contributed by atoms with Gasteiger partial charge in [-0.3, -0.25) is 14.4 Å². The monoisotopic (exact) mass is 398 g/mol. The Morgan fingerprint density at radius 1 is 1.17 bits per heavy atom. The number of fused-ring (bicyclic) bond motifs is 6. The number of allylic oxidation sites excluding steroid dienone is 3. The third kappa shape index (κ3) is 2.36. The van der Waals surface area contributed by atoms with E-state index in [1.165, 1.54) is 12.7 Å². The Bertz CT molecular complexity index is 868. The van der Waals surface area contributed by atoms with Crippen molar-refractivity contribution in [1.29, 1.82) is 0 Å². The van der Waals surface area contributed by atoms with Crippen molar-refractivity contribution in [3.8, 4) is 0 Å². The molecule has 3 fully saturated rings. The molecule has 6 atom stereocenters. The molecule has 1 saturated heterocycles. The first-order valence-electron chi connectivity index (χ1n) is 11.0. The Labute approximate surface area is 171 Å². The molecule has 0 bridgehead atoms. The van der Waals surface area contributed by atoms with Crippen LogP contribution in [0.5, 0.6) is 0 Å². The highest BCUT2D eigenvalue weighted by Crippen LogP contribution is 2.68. The maximum atomic E-state index is 12.9. The average molecular weight is 398 g/mol. The van der Waals surface area contributed by atoms with E-state index in [1.54, 1.807) is 0 Å². The zero-order valence-electron chi connectivity index (χ0n) is 17.6. The molecule has 0 N–H and O–H groups in total. The lowest BCUT2D eigenvalue weighted by atomic mass is 9.49. The van der Waals surface area contributed by atoms with Crippen molar-refractivity contribution >= 4 is 17.7 Å². The molecule has 0 radical (unpaired) electrons. The number of rotatable bonds is 1. The van der Waals surface area contributed by atoms with Gasteiger partial charge in [0.2, 0.25) is 0 Å². The summed E-state index contributed by atoms with van der Waals surface area (Å²) in [6.45, 7) is 4.51. The summed E-state index contributed by atoms with van der Waals surface area (Å²) in [5.41, 5.74) is 1.71. The molecule has 1 spiro atoms. The lowest BCUT2D eigenvalue weighted by molar-refractivity contribution is -0.162. The van der Waals surface area contributed by atoms with Crippen molar-refractivity contribution in [3.63, 3.8) is 0 Å². The summed E-state index contributed by atoms with van der Waals surface area (Å²) in [5, 5.41) is 0. The number of carbonyl (C=O) groups excluding carboxylic acids is 3. The SMILES string of the molecule is COC(=O)[C@@H]1C=C2CC(=O)CC[C@]2(C)C2=CC[C@@]3(C)[C@@H](CC[C@@]34CCC(=O)O4)[C@@H]21. The molecule has 0 amide bonds. The zero-order valence-corrected chi connectivity index (χ0v) is 17.6. The predicted octanol–water partition coefficient (Wildman–Crippen LogP) is 3.91. The highest BCUT2D eigenvalue weighted by atomic mass is 16.6. The van der Waals surface area contributed by atoms with Gasteiger partial charge < -0.3 is 9.47 Å². The molecular formula is C24H30O5. The zero-order chi connectivity index (χ0) is 20.6. The number of esters is 2. The van der Waals surface area contributed by atoms with E-state index in [-0.39, 0.29) is 46.3 Å². The molecule has 5 heteroatoms. The minimum Gasteiger partial charge on any atom is -0.469 e. The van der Waals surface area contributed by atoms with Crippen LogP contribution in [0, 0.1) is 28.6 Å². The van der Waals surface area contributed by atoms with Gasteiger partial charge in [-0.05, 0) is 38.0 Å². The van der Waals surface area contributed by atoms with Gasteiger partial charge >= 0.3 is 11.9 Å². The Morgan fingerprint density at radius 2 is 1.97 bits per heavy atom. The van der Waals surface area contributed by atoms with Crippen LogP contribution in [-0.4, -0.2) is 30.4 Å². The topological polar surface area (TPSA) is 69.7 Å². The van der Waals surface area contributed by atoms with E-state index in [9.17, 15) is 14.4 Å². The number of hydrogen-bond donors (Lipinski definition) is 0. The summed E-state index contributed by atoms with van der Waals surface area (Å²) in [6.07, 6.45) is 10.2. The van der Waals surface area contributed by atoms with E-state index in [1.807, 2.05) is 0 Å². The molecular weight excluding hydrogens is 368 g/mol. The lowest BCUT2D eigenvalue weighted by Crippen LogP contribution is -2.53. The van der Waals surface area contributed by atoms with Gasteiger partial charge in [-0.2, -0.15) is 0 Å². The second kappa shape index (κ2) is 6.05. The maximum Gasteiger partial charge on any atom is 0.313 e. The van der Waals surface area contributed by atoms with Gasteiger partial charge in [0.15, 0.2) is 0 Å². The second-order valence-electron chi connectivity index (χ2n) is 10.2. The summed E-state index contributed by atoms with van der Waals surface area (Å²) in [7, 11) is 1.45. The van der Waals surface area contributed by atoms with Gasteiger partial charge in [0.05, 0.1) is 13.0 Å². The van der Waals surface area contributed by atoms with E-state index in [0.29, 0.717) is 19.3 Å². The van der Waals surface area contributed by atoms with Gasteiger partial charge in [-0.15, -0.1) is 0 Å². The number of carbonyl (C=O) groups is 3. The molecule has 0 aromatic carbocycles. The second-order valence-corrected chi connectivity index (χ2v) is 10.2. The first kappa shape index (κ1) is 19.1. The van der Waals surface area contributed by atoms with Crippen LogP contribution in [0.1, 0.15) is 65.2 Å². The van der Waals surface area contributed by atoms with Crippen molar-refractivity contribution in [1.82, 2.24) is 0 Å². The van der Waals surface area contributed by atoms with Crippen molar-refractivity contribution in [2.24, 2.45) is 28.6 Å². The normalized spacial score (nSPS) is 45.7. The van der Waals surface area contributed by atoms with E-state index in [0.717, 1.165) is 37.7 Å². The fraction of sp³-hybridized carbons (Fsp3) is 0.708. The van der Waals surface area contributed by atoms with E-state index < -0.39 is 5.60 Å². The van der Waals surface area contributed by atoms with Gasteiger partial charge in [0.1, 0.15) is 11.4 Å². The number of ketones is 1. The van der Waals surface area contributed by atoms with Crippen LogP contribution < -0.4 is 0 Å². The molecule has 0 aromatic rings. The number of hydrogen-bond acceptors (Lipinski definition) is 5. The van der Waals surface area contributed by atoms with Crippen LogP contribution in [0.3, 0.4) is 0 Å². The van der Waals surface area contributed by atoms with Crippen molar-refractivity contribution < 1.29 is 23.9 Å². The van der Waals surface area contributed by atoms with Gasteiger partial charge in [0.25, 0.3) is 0 Å². The minimum atomic E-state index is -0.398. The molecule has 5 rings (SSSR count). The largest absolute Gasteiger partial charge is 0.469 e. The molecule has 29 heavy (non-hydrogen) atoms. The lowest BCUT2D eigenvalue weighted by Gasteiger charge is -2.55. The summed E-state index contributed by atoms with van der Waals surface area (Å²) < 4.78 is 11.2. The van der Waals surface area contributed by atoms with E-state index >= 15 is 0 Å².